The lowest BCUT2D eigenvalue weighted by molar-refractivity contribution is 0.0314. The zero-order valence-electron chi connectivity index (χ0n) is 13.5. The van der Waals surface area contributed by atoms with Crippen molar-refractivity contribution >= 4 is 9.84 Å². The van der Waals surface area contributed by atoms with Crippen LogP contribution in [0.25, 0.3) is 0 Å². The Balaban J connectivity index is 1.60. The standard InChI is InChI=1S/C16H30N2O3S/c19-11-10-18-9-8-17(7-6-14-4-2-1-3-5-14)15-12-22(20,21)13-16(15)18/h14-16,19H,1-13H2/t15-,16+/m0/s1. The van der Waals surface area contributed by atoms with Crippen molar-refractivity contribution in [2.24, 2.45) is 5.92 Å². The average Bonchev–Trinajstić information content (AvgIpc) is 2.83. The monoisotopic (exact) mass is 330 g/mol. The summed E-state index contributed by atoms with van der Waals surface area (Å²) in [5.74, 6) is 1.43. The molecular weight excluding hydrogens is 300 g/mol. The van der Waals surface area contributed by atoms with Crippen molar-refractivity contribution < 1.29 is 13.5 Å². The number of sulfone groups is 1. The minimum atomic E-state index is -2.92. The van der Waals surface area contributed by atoms with E-state index < -0.39 is 9.84 Å². The molecule has 0 radical (unpaired) electrons. The molecule has 2 heterocycles. The predicted molar refractivity (Wildman–Crippen MR) is 87.7 cm³/mol. The first kappa shape index (κ1) is 16.7. The van der Waals surface area contributed by atoms with Gasteiger partial charge in [0.05, 0.1) is 18.1 Å². The van der Waals surface area contributed by atoms with Gasteiger partial charge in [-0.15, -0.1) is 0 Å². The zero-order chi connectivity index (χ0) is 15.6. The Morgan fingerprint density at radius 1 is 0.909 bits per heavy atom. The van der Waals surface area contributed by atoms with E-state index in [0.717, 1.165) is 25.6 Å². The molecule has 2 saturated heterocycles. The fourth-order valence-electron chi connectivity index (χ4n) is 4.60. The highest BCUT2D eigenvalue weighted by molar-refractivity contribution is 7.91. The molecule has 2 aliphatic heterocycles. The number of nitrogens with zero attached hydrogens (tertiary/aromatic N) is 2. The highest BCUT2D eigenvalue weighted by Gasteiger charge is 2.46. The minimum Gasteiger partial charge on any atom is -0.395 e. The quantitative estimate of drug-likeness (QED) is 0.805. The summed E-state index contributed by atoms with van der Waals surface area (Å²) >= 11 is 0. The fraction of sp³-hybridized carbons (Fsp3) is 1.00. The van der Waals surface area contributed by atoms with Crippen LogP contribution < -0.4 is 0 Å². The van der Waals surface area contributed by atoms with Crippen molar-refractivity contribution in [2.45, 2.75) is 50.6 Å². The van der Waals surface area contributed by atoms with Gasteiger partial charge in [-0.2, -0.15) is 0 Å². The van der Waals surface area contributed by atoms with E-state index in [1.807, 2.05) is 0 Å². The van der Waals surface area contributed by atoms with Crippen LogP contribution in [-0.4, -0.2) is 79.7 Å². The molecule has 5 nitrogen and oxygen atoms in total. The fourth-order valence-corrected chi connectivity index (χ4v) is 6.65. The van der Waals surface area contributed by atoms with E-state index >= 15 is 0 Å². The molecule has 0 aromatic rings. The Morgan fingerprint density at radius 2 is 1.50 bits per heavy atom. The van der Waals surface area contributed by atoms with Crippen molar-refractivity contribution in [1.82, 2.24) is 9.80 Å². The summed E-state index contributed by atoms with van der Waals surface area (Å²) < 4.78 is 24.2. The van der Waals surface area contributed by atoms with Crippen molar-refractivity contribution in [2.75, 3.05) is 44.3 Å². The normalized spacial score (nSPS) is 33.9. The van der Waals surface area contributed by atoms with Gasteiger partial charge in [0.1, 0.15) is 0 Å². The molecule has 0 bridgehead atoms. The van der Waals surface area contributed by atoms with E-state index in [4.69, 9.17) is 0 Å². The predicted octanol–water partition coefficient (Wildman–Crippen LogP) is 0.732. The van der Waals surface area contributed by atoms with Crippen LogP contribution in [0.15, 0.2) is 0 Å². The molecular formula is C16H30N2O3S. The number of hydrogen-bond donors (Lipinski definition) is 1. The minimum absolute atomic E-state index is 0.0947. The number of fused-ring (bicyclic) bond motifs is 1. The summed E-state index contributed by atoms with van der Waals surface area (Å²) in [6, 6.07) is 0.242. The molecule has 6 heteroatoms. The number of aliphatic hydroxyl groups is 1. The summed E-state index contributed by atoms with van der Waals surface area (Å²) in [6.45, 7) is 3.61. The number of piperazine rings is 1. The van der Waals surface area contributed by atoms with Gasteiger partial charge >= 0.3 is 0 Å². The molecule has 3 fully saturated rings. The Hall–Kier alpha value is -0.170. The van der Waals surface area contributed by atoms with Crippen LogP contribution in [0.4, 0.5) is 0 Å². The number of hydrogen-bond acceptors (Lipinski definition) is 5. The molecule has 128 valence electrons. The maximum absolute atomic E-state index is 12.1. The smallest absolute Gasteiger partial charge is 0.153 e. The van der Waals surface area contributed by atoms with E-state index in [-0.39, 0.29) is 24.4 Å². The molecule has 3 aliphatic rings. The molecule has 0 spiro atoms. The van der Waals surface area contributed by atoms with Gasteiger partial charge in [-0.25, -0.2) is 8.42 Å². The SMILES string of the molecule is O=S1(=O)C[C@@H]2[C@H](C1)N(CCC1CCCCC1)CCN2CCO. The van der Waals surface area contributed by atoms with Gasteiger partial charge in [0.25, 0.3) is 0 Å². The number of β-amino-alcohol motifs (C(OH)–C–C–N with tert-alkyl or cyclic N) is 1. The second kappa shape index (κ2) is 7.16. The lowest BCUT2D eigenvalue weighted by Gasteiger charge is -2.44. The molecule has 2 atom stereocenters. The number of rotatable bonds is 5. The first-order valence-corrected chi connectivity index (χ1v) is 10.7. The van der Waals surface area contributed by atoms with E-state index in [0.29, 0.717) is 12.3 Å². The van der Waals surface area contributed by atoms with Crippen LogP contribution in [0.5, 0.6) is 0 Å². The van der Waals surface area contributed by atoms with Gasteiger partial charge in [-0.3, -0.25) is 9.80 Å². The molecule has 0 amide bonds. The summed E-state index contributed by atoms with van der Waals surface area (Å²) in [5.41, 5.74) is 0. The summed E-state index contributed by atoms with van der Waals surface area (Å²) in [6.07, 6.45) is 8.07. The summed E-state index contributed by atoms with van der Waals surface area (Å²) in [4.78, 5) is 4.62. The van der Waals surface area contributed by atoms with Gasteiger partial charge in [0.2, 0.25) is 0 Å². The maximum atomic E-state index is 12.1. The third-order valence-corrected chi connectivity index (χ3v) is 7.54. The van der Waals surface area contributed by atoms with E-state index in [1.165, 1.54) is 38.5 Å². The van der Waals surface area contributed by atoms with Gasteiger partial charge < -0.3 is 5.11 Å². The Bertz CT molecular complexity index is 462. The van der Waals surface area contributed by atoms with E-state index in [9.17, 15) is 13.5 Å². The summed E-state index contributed by atoms with van der Waals surface area (Å²) in [7, 11) is -2.92. The van der Waals surface area contributed by atoms with Crippen LogP contribution >= 0.6 is 0 Å². The molecule has 3 rings (SSSR count). The zero-order valence-corrected chi connectivity index (χ0v) is 14.3. The van der Waals surface area contributed by atoms with Crippen LogP contribution in [0.3, 0.4) is 0 Å². The topological polar surface area (TPSA) is 60.9 Å². The largest absolute Gasteiger partial charge is 0.395 e. The van der Waals surface area contributed by atoms with Crippen LogP contribution in [-0.2, 0) is 9.84 Å². The highest BCUT2D eigenvalue weighted by atomic mass is 32.2. The van der Waals surface area contributed by atoms with Gasteiger partial charge in [0, 0.05) is 31.7 Å². The summed E-state index contributed by atoms with van der Waals surface area (Å²) in [5, 5.41) is 9.20. The third kappa shape index (κ3) is 3.83. The van der Waals surface area contributed by atoms with Gasteiger partial charge in [-0.1, -0.05) is 32.1 Å². The molecule has 22 heavy (non-hydrogen) atoms. The van der Waals surface area contributed by atoms with Crippen molar-refractivity contribution in [3.63, 3.8) is 0 Å². The van der Waals surface area contributed by atoms with Crippen molar-refractivity contribution in [1.29, 1.82) is 0 Å². The Labute approximate surface area is 134 Å². The molecule has 0 unspecified atom stereocenters. The first-order valence-electron chi connectivity index (χ1n) is 8.88. The average molecular weight is 330 g/mol. The second-order valence-corrected chi connectivity index (χ2v) is 9.45. The van der Waals surface area contributed by atoms with Crippen LogP contribution in [0, 0.1) is 5.92 Å². The van der Waals surface area contributed by atoms with E-state index in [2.05, 4.69) is 9.80 Å². The molecule has 0 aromatic heterocycles. The first-order chi connectivity index (χ1) is 10.6. The lowest BCUT2D eigenvalue weighted by atomic mass is 9.86. The lowest BCUT2D eigenvalue weighted by Crippen LogP contribution is -2.59. The van der Waals surface area contributed by atoms with Gasteiger partial charge in [0.15, 0.2) is 9.84 Å². The third-order valence-electron chi connectivity index (χ3n) is 5.84. The molecule has 0 aromatic carbocycles. The van der Waals surface area contributed by atoms with Crippen molar-refractivity contribution in [3.05, 3.63) is 0 Å². The van der Waals surface area contributed by atoms with Crippen LogP contribution in [0.2, 0.25) is 0 Å². The highest BCUT2D eigenvalue weighted by Crippen LogP contribution is 2.30. The Morgan fingerprint density at radius 3 is 2.09 bits per heavy atom. The number of aliphatic hydroxyl groups excluding tert-OH is 1. The molecule has 1 N–H and O–H groups in total. The van der Waals surface area contributed by atoms with Crippen molar-refractivity contribution in [3.8, 4) is 0 Å². The maximum Gasteiger partial charge on any atom is 0.153 e. The van der Waals surface area contributed by atoms with E-state index in [1.54, 1.807) is 0 Å². The molecule has 1 saturated carbocycles. The second-order valence-electron chi connectivity index (χ2n) is 7.30. The van der Waals surface area contributed by atoms with Crippen LogP contribution in [0.1, 0.15) is 38.5 Å². The van der Waals surface area contributed by atoms with Gasteiger partial charge in [-0.05, 0) is 18.9 Å². The Kier molecular flexibility index (Phi) is 5.43. The molecule has 1 aliphatic carbocycles.